The molecular weight excluding hydrogens is 346 g/mol. The van der Waals surface area contributed by atoms with Crippen molar-refractivity contribution in [3.63, 3.8) is 0 Å². The molecule has 1 unspecified atom stereocenters. The second-order valence-corrected chi connectivity index (χ2v) is 5.08. The molecule has 0 spiro atoms. The molecule has 0 saturated heterocycles. The Bertz CT molecular complexity index is 627. The van der Waals surface area contributed by atoms with Crippen LogP contribution in [0.1, 0.15) is 23.0 Å². The third-order valence-electron chi connectivity index (χ3n) is 2.99. The van der Waals surface area contributed by atoms with Crippen LogP contribution in [0, 0.1) is 0 Å². The van der Waals surface area contributed by atoms with Crippen molar-refractivity contribution in [1.29, 1.82) is 0 Å². The van der Waals surface area contributed by atoms with E-state index in [1.807, 2.05) is 5.32 Å². The molecule has 0 aliphatic rings. The Morgan fingerprint density at radius 3 is 2.25 bits per heavy atom. The van der Waals surface area contributed by atoms with Gasteiger partial charge in [-0.1, -0.05) is 0 Å². The second-order valence-electron chi connectivity index (χ2n) is 5.08. The summed E-state index contributed by atoms with van der Waals surface area (Å²) in [4.78, 5) is 15.2. The fourth-order valence-corrected chi connectivity index (χ4v) is 1.50. The van der Waals surface area contributed by atoms with Gasteiger partial charge in [0.1, 0.15) is 11.1 Å². The van der Waals surface area contributed by atoms with E-state index in [1.54, 1.807) is 0 Å². The van der Waals surface area contributed by atoms with Gasteiger partial charge in [0.15, 0.2) is 5.69 Å². The van der Waals surface area contributed by atoms with Gasteiger partial charge < -0.3 is 21.5 Å². The van der Waals surface area contributed by atoms with Gasteiger partial charge in [0.2, 0.25) is 5.88 Å². The van der Waals surface area contributed by atoms with Gasteiger partial charge in [0, 0.05) is 6.54 Å². The van der Waals surface area contributed by atoms with Crippen molar-refractivity contribution in [1.82, 2.24) is 10.3 Å². The van der Waals surface area contributed by atoms with Crippen LogP contribution in [0.4, 0.5) is 32.0 Å². The number of ether oxygens (including phenoxy) is 1. The monoisotopic (exact) mass is 360 g/mol. The van der Waals surface area contributed by atoms with E-state index in [-0.39, 0.29) is 0 Å². The van der Waals surface area contributed by atoms with Gasteiger partial charge in [-0.2, -0.15) is 26.3 Å². The lowest BCUT2D eigenvalue weighted by Gasteiger charge is -2.27. The minimum absolute atomic E-state index is 0.409. The fraction of sp³-hybridized carbons (Fsp3) is 0.500. The quantitative estimate of drug-likeness (QED) is 0.709. The first-order valence-corrected chi connectivity index (χ1v) is 6.26. The molecule has 0 aliphatic heterocycles. The van der Waals surface area contributed by atoms with Gasteiger partial charge in [0.05, 0.1) is 12.8 Å². The summed E-state index contributed by atoms with van der Waals surface area (Å²) in [6.45, 7) is -0.392. The van der Waals surface area contributed by atoms with Gasteiger partial charge in [-0.15, -0.1) is 0 Å². The topological polar surface area (TPSA) is 103 Å². The Morgan fingerprint density at radius 2 is 1.83 bits per heavy atom. The molecule has 136 valence electrons. The first-order chi connectivity index (χ1) is 10.7. The highest BCUT2D eigenvalue weighted by molar-refractivity contribution is 5.97. The molecule has 0 fully saturated rings. The van der Waals surface area contributed by atoms with Gasteiger partial charge in [-0.25, -0.2) is 4.98 Å². The molecule has 1 heterocycles. The van der Waals surface area contributed by atoms with E-state index in [9.17, 15) is 31.1 Å². The predicted octanol–water partition coefficient (Wildman–Crippen LogP) is 1.70. The smallest absolute Gasteiger partial charge is 0.421 e. The Hall–Kier alpha value is -2.24. The van der Waals surface area contributed by atoms with Crippen molar-refractivity contribution in [2.75, 3.05) is 19.4 Å². The molecule has 0 saturated carbocycles. The first-order valence-electron chi connectivity index (χ1n) is 6.26. The molecule has 0 aromatic carbocycles. The third-order valence-corrected chi connectivity index (χ3v) is 2.99. The molecule has 1 aromatic rings. The summed E-state index contributed by atoms with van der Waals surface area (Å²) >= 11 is 0. The molecule has 24 heavy (non-hydrogen) atoms. The SMILES string of the molecule is COc1nc(C(=O)NCC(C)(N)C(F)(F)F)c(N)cc1C(F)(F)F. The first kappa shape index (κ1) is 19.8. The van der Waals surface area contributed by atoms with E-state index >= 15 is 0 Å². The van der Waals surface area contributed by atoms with Crippen molar-refractivity contribution in [3.8, 4) is 5.88 Å². The summed E-state index contributed by atoms with van der Waals surface area (Å²) in [6.07, 6.45) is -9.65. The van der Waals surface area contributed by atoms with Gasteiger partial charge in [0.25, 0.3) is 5.91 Å². The molecular formula is C12H14F6N4O2. The molecule has 6 nitrogen and oxygen atoms in total. The Morgan fingerprint density at radius 1 is 1.29 bits per heavy atom. The number of nitrogens with two attached hydrogens (primary N) is 2. The lowest BCUT2D eigenvalue weighted by molar-refractivity contribution is -0.178. The van der Waals surface area contributed by atoms with Crippen LogP contribution in [0.2, 0.25) is 0 Å². The summed E-state index contributed by atoms with van der Waals surface area (Å²) in [7, 11) is 0.885. The van der Waals surface area contributed by atoms with Crippen molar-refractivity contribution in [3.05, 3.63) is 17.3 Å². The standard InChI is InChI=1S/C12H14F6N4O2/c1-10(20,12(16,17)18)4-21-8(23)7-6(19)3-5(11(13,14)15)9(22-7)24-2/h3H,4,19-20H2,1-2H3,(H,21,23). The highest BCUT2D eigenvalue weighted by Gasteiger charge is 2.48. The number of alkyl halides is 6. The maximum Gasteiger partial charge on any atom is 0.421 e. The number of nitrogens with zero attached hydrogens (tertiary/aromatic N) is 1. The molecule has 1 amide bonds. The number of halogens is 6. The second kappa shape index (κ2) is 6.34. The summed E-state index contributed by atoms with van der Waals surface area (Å²) < 4.78 is 80.6. The van der Waals surface area contributed by atoms with Crippen LogP contribution in [0.15, 0.2) is 6.07 Å². The van der Waals surface area contributed by atoms with Crippen LogP contribution in [0.25, 0.3) is 0 Å². The fourth-order valence-electron chi connectivity index (χ4n) is 1.50. The average Bonchev–Trinajstić information content (AvgIpc) is 2.42. The maximum atomic E-state index is 12.8. The average molecular weight is 360 g/mol. The summed E-state index contributed by atoms with van der Waals surface area (Å²) in [5.41, 5.74) is 4.92. The number of amides is 1. The number of pyridine rings is 1. The molecule has 1 aromatic heterocycles. The third kappa shape index (κ3) is 4.19. The molecule has 1 atom stereocenters. The number of methoxy groups -OCH3 is 1. The van der Waals surface area contributed by atoms with Gasteiger partial charge in [-0.05, 0) is 13.0 Å². The Labute approximate surface area is 132 Å². The highest BCUT2D eigenvalue weighted by atomic mass is 19.4. The number of anilines is 1. The van der Waals surface area contributed by atoms with Crippen LogP contribution in [0.5, 0.6) is 5.88 Å². The molecule has 5 N–H and O–H groups in total. The lowest BCUT2D eigenvalue weighted by Crippen LogP contribution is -2.58. The molecule has 0 aliphatic carbocycles. The number of nitrogens with one attached hydrogen (secondary N) is 1. The van der Waals surface area contributed by atoms with E-state index < -0.39 is 53.2 Å². The summed E-state index contributed by atoms with van der Waals surface area (Å²) in [5, 5.41) is 1.83. The molecule has 1 rings (SSSR count). The number of aromatic nitrogens is 1. The van der Waals surface area contributed by atoms with E-state index in [4.69, 9.17) is 11.5 Å². The zero-order valence-electron chi connectivity index (χ0n) is 12.5. The minimum Gasteiger partial charge on any atom is -0.481 e. The van der Waals surface area contributed by atoms with Crippen LogP contribution in [-0.4, -0.2) is 36.3 Å². The number of hydrogen-bond donors (Lipinski definition) is 3. The van der Waals surface area contributed by atoms with Gasteiger partial charge in [-0.3, -0.25) is 4.79 Å². The molecule has 12 heteroatoms. The van der Waals surface area contributed by atoms with E-state index in [2.05, 4.69) is 9.72 Å². The predicted molar refractivity (Wildman–Crippen MR) is 71.2 cm³/mol. The summed E-state index contributed by atoms with van der Waals surface area (Å²) in [5.74, 6) is -2.16. The van der Waals surface area contributed by atoms with Crippen molar-refractivity contribution < 1.29 is 35.9 Å². The van der Waals surface area contributed by atoms with Crippen LogP contribution < -0.4 is 21.5 Å². The van der Waals surface area contributed by atoms with Crippen molar-refractivity contribution in [2.24, 2.45) is 5.73 Å². The number of carbonyl (C=O) groups is 1. The van der Waals surface area contributed by atoms with Crippen molar-refractivity contribution >= 4 is 11.6 Å². The number of hydrogen-bond acceptors (Lipinski definition) is 5. The normalized spacial score (nSPS) is 14.9. The summed E-state index contributed by atoms with van der Waals surface area (Å²) in [6, 6.07) is 0.409. The number of rotatable bonds is 4. The largest absolute Gasteiger partial charge is 0.481 e. The van der Waals surface area contributed by atoms with E-state index in [1.165, 1.54) is 0 Å². The van der Waals surface area contributed by atoms with Crippen LogP contribution >= 0.6 is 0 Å². The Balaban J connectivity index is 3.09. The van der Waals surface area contributed by atoms with Crippen LogP contribution in [0.3, 0.4) is 0 Å². The molecule has 0 bridgehead atoms. The minimum atomic E-state index is -4.84. The van der Waals surface area contributed by atoms with Crippen LogP contribution in [-0.2, 0) is 6.18 Å². The lowest BCUT2D eigenvalue weighted by atomic mass is 10.0. The van der Waals surface area contributed by atoms with Crippen molar-refractivity contribution in [2.45, 2.75) is 24.8 Å². The van der Waals surface area contributed by atoms with E-state index in [0.717, 1.165) is 7.11 Å². The molecule has 0 radical (unpaired) electrons. The zero-order chi connectivity index (χ0) is 18.9. The van der Waals surface area contributed by atoms with Gasteiger partial charge >= 0.3 is 12.4 Å². The number of nitrogen functional groups attached to an aromatic ring is 1. The zero-order valence-corrected chi connectivity index (χ0v) is 12.5. The Kier molecular flexibility index (Phi) is 5.23. The number of carbonyl (C=O) groups excluding carboxylic acids is 1. The highest BCUT2D eigenvalue weighted by Crippen LogP contribution is 2.37. The maximum absolute atomic E-state index is 12.8. The van der Waals surface area contributed by atoms with E-state index in [0.29, 0.717) is 13.0 Å².